The molecule has 31 heavy (non-hydrogen) atoms. The molecule has 1 aliphatic rings. The molecule has 4 rings (SSSR count). The minimum atomic E-state index is -0.0211. The van der Waals surface area contributed by atoms with Crippen molar-refractivity contribution in [1.29, 1.82) is 0 Å². The summed E-state index contributed by atoms with van der Waals surface area (Å²) in [5, 5.41) is 7.76. The molecule has 7 nitrogen and oxygen atoms in total. The Bertz CT molecular complexity index is 1040. The maximum absolute atomic E-state index is 12.7. The van der Waals surface area contributed by atoms with Gasteiger partial charge in [0.05, 0.1) is 13.7 Å². The van der Waals surface area contributed by atoms with Gasteiger partial charge in [0, 0.05) is 22.2 Å². The molecular formula is C23H25ClN4O3. The molecule has 2 heterocycles. The standard InChI is InChI=1S/C23H25ClN4O3/c1-15-19(24)4-3-5-20(15)25-23(29)17-10-12-28(13-11-17)14-21-26-22(27-31-21)16-6-8-18(30-2)9-7-16/h3-9,17H,10-14H2,1-2H3,(H,25,29). The van der Waals surface area contributed by atoms with Crippen molar-refractivity contribution in [2.45, 2.75) is 26.3 Å². The lowest BCUT2D eigenvalue weighted by Gasteiger charge is -2.30. The summed E-state index contributed by atoms with van der Waals surface area (Å²) in [5.41, 5.74) is 2.54. The topological polar surface area (TPSA) is 80.5 Å². The highest BCUT2D eigenvalue weighted by molar-refractivity contribution is 6.31. The van der Waals surface area contributed by atoms with Gasteiger partial charge in [0.1, 0.15) is 5.75 Å². The fraction of sp³-hybridized carbons (Fsp3) is 0.348. The number of amides is 1. The fourth-order valence-corrected chi connectivity index (χ4v) is 3.87. The summed E-state index contributed by atoms with van der Waals surface area (Å²) in [6, 6.07) is 13.1. The summed E-state index contributed by atoms with van der Waals surface area (Å²) in [7, 11) is 1.63. The Balaban J connectivity index is 1.29. The summed E-state index contributed by atoms with van der Waals surface area (Å²) in [5.74, 6) is 1.94. The maximum Gasteiger partial charge on any atom is 0.241 e. The van der Waals surface area contributed by atoms with Gasteiger partial charge in [0.2, 0.25) is 17.6 Å². The number of benzene rings is 2. The first-order valence-electron chi connectivity index (χ1n) is 10.3. The molecule has 162 valence electrons. The van der Waals surface area contributed by atoms with Crippen molar-refractivity contribution in [3.8, 4) is 17.1 Å². The van der Waals surface area contributed by atoms with E-state index in [2.05, 4.69) is 20.4 Å². The summed E-state index contributed by atoms with van der Waals surface area (Å²) in [4.78, 5) is 19.4. The Kier molecular flexibility index (Phi) is 6.53. The van der Waals surface area contributed by atoms with E-state index in [1.165, 1.54) is 0 Å². The van der Waals surface area contributed by atoms with E-state index < -0.39 is 0 Å². The monoisotopic (exact) mass is 440 g/mol. The average molecular weight is 441 g/mol. The second kappa shape index (κ2) is 9.49. The minimum Gasteiger partial charge on any atom is -0.497 e. The van der Waals surface area contributed by atoms with Crippen molar-refractivity contribution in [3.63, 3.8) is 0 Å². The normalized spacial score (nSPS) is 15.1. The number of likely N-dealkylation sites (tertiary alicyclic amines) is 1. The lowest BCUT2D eigenvalue weighted by molar-refractivity contribution is -0.121. The third-order valence-corrected chi connectivity index (χ3v) is 6.07. The molecule has 0 atom stereocenters. The molecule has 1 amide bonds. The van der Waals surface area contributed by atoms with Gasteiger partial charge < -0.3 is 14.6 Å². The van der Waals surface area contributed by atoms with E-state index in [0.29, 0.717) is 23.3 Å². The van der Waals surface area contributed by atoms with Gasteiger partial charge in [-0.05, 0) is 74.8 Å². The van der Waals surface area contributed by atoms with Crippen LogP contribution in [0.2, 0.25) is 5.02 Å². The number of ether oxygens (including phenoxy) is 1. The van der Waals surface area contributed by atoms with Gasteiger partial charge in [-0.25, -0.2) is 0 Å². The molecule has 0 spiro atoms. The Morgan fingerprint density at radius 3 is 2.68 bits per heavy atom. The molecule has 1 aliphatic heterocycles. The summed E-state index contributed by atoms with van der Waals surface area (Å²) in [6.45, 7) is 4.08. The van der Waals surface area contributed by atoms with Crippen LogP contribution in [-0.2, 0) is 11.3 Å². The van der Waals surface area contributed by atoms with Gasteiger partial charge >= 0.3 is 0 Å². The zero-order chi connectivity index (χ0) is 21.8. The van der Waals surface area contributed by atoms with Gasteiger partial charge in [-0.15, -0.1) is 0 Å². The molecule has 2 aromatic carbocycles. The van der Waals surface area contributed by atoms with E-state index in [0.717, 1.165) is 48.5 Å². The van der Waals surface area contributed by atoms with Gasteiger partial charge in [-0.1, -0.05) is 22.8 Å². The molecule has 0 unspecified atom stereocenters. The van der Waals surface area contributed by atoms with Crippen molar-refractivity contribution < 1.29 is 14.1 Å². The third-order valence-electron chi connectivity index (χ3n) is 5.66. The van der Waals surface area contributed by atoms with E-state index in [-0.39, 0.29) is 11.8 Å². The van der Waals surface area contributed by atoms with E-state index in [1.807, 2.05) is 49.4 Å². The van der Waals surface area contributed by atoms with E-state index in [1.54, 1.807) is 7.11 Å². The number of carbonyl (C=O) groups excluding carboxylic acids is 1. The Morgan fingerprint density at radius 1 is 1.23 bits per heavy atom. The van der Waals surface area contributed by atoms with E-state index in [9.17, 15) is 4.79 Å². The minimum absolute atomic E-state index is 0.0211. The van der Waals surface area contributed by atoms with Gasteiger partial charge in [0.25, 0.3) is 0 Å². The van der Waals surface area contributed by atoms with Crippen LogP contribution in [0, 0.1) is 12.8 Å². The number of piperidine rings is 1. The van der Waals surface area contributed by atoms with E-state index in [4.69, 9.17) is 20.9 Å². The molecule has 1 fully saturated rings. The molecule has 0 radical (unpaired) electrons. The molecule has 0 aliphatic carbocycles. The van der Waals surface area contributed by atoms with Crippen LogP contribution in [0.15, 0.2) is 47.0 Å². The number of anilines is 1. The molecule has 3 aromatic rings. The Hall–Kier alpha value is -2.90. The van der Waals surface area contributed by atoms with Crippen molar-refractivity contribution in [2.75, 3.05) is 25.5 Å². The molecule has 0 bridgehead atoms. The van der Waals surface area contributed by atoms with Crippen LogP contribution >= 0.6 is 11.6 Å². The summed E-state index contributed by atoms with van der Waals surface area (Å²) < 4.78 is 10.6. The van der Waals surface area contributed by atoms with Crippen molar-refractivity contribution in [1.82, 2.24) is 15.0 Å². The predicted octanol–water partition coefficient (Wildman–Crippen LogP) is 4.56. The Morgan fingerprint density at radius 2 is 1.97 bits per heavy atom. The number of nitrogens with one attached hydrogen (secondary N) is 1. The van der Waals surface area contributed by atoms with Gasteiger partial charge in [0.15, 0.2) is 0 Å². The molecule has 1 saturated heterocycles. The highest BCUT2D eigenvalue weighted by Gasteiger charge is 2.26. The number of carbonyl (C=O) groups is 1. The van der Waals surface area contributed by atoms with Crippen molar-refractivity contribution in [2.24, 2.45) is 5.92 Å². The van der Waals surface area contributed by atoms with Gasteiger partial charge in [-0.3, -0.25) is 9.69 Å². The van der Waals surface area contributed by atoms with Crippen LogP contribution in [0.25, 0.3) is 11.4 Å². The number of nitrogens with zero attached hydrogens (tertiary/aromatic N) is 3. The smallest absolute Gasteiger partial charge is 0.241 e. The number of methoxy groups -OCH3 is 1. The summed E-state index contributed by atoms with van der Waals surface area (Å²) >= 11 is 6.15. The molecule has 8 heteroatoms. The Labute approximate surface area is 186 Å². The number of rotatable bonds is 6. The van der Waals surface area contributed by atoms with Crippen LogP contribution in [-0.4, -0.2) is 41.1 Å². The molecular weight excluding hydrogens is 416 g/mol. The quantitative estimate of drug-likeness (QED) is 0.605. The lowest BCUT2D eigenvalue weighted by Crippen LogP contribution is -2.37. The van der Waals surface area contributed by atoms with Gasteiger partial charge in [-0.2, -0.15) is 4.98 Å². The number of aromatic nitrogens is 2. The number of hydrogen-bond donors (Lipinski definition) is 1. The fourth-order valence-electron chi connectivity index (χ4n) is 3.70. The van der Waals surface area contributed by atoms with E-state index >= 15 is 0 Å². The second-order valence-electron chi connectivity index (χ2n) is 7.69. The zero-order valence-corrected chi connectivity index (χ0v) is 18.4. The first-order valence-corrected chi connectivity index (χ1v) is 10.7. The first kappa shape index (κ1) is 21.3. The number of hydrogen-bond acceptors (Lipinski definition) is 6. The average Bonchev–Trinajstić information content (AvgIpc) is 3.26. The third kappa shape index (κ3) is 5.06. The van der Waals surface area contributed by atoms with Crippen LogP contribution in [0.5, 0.6) is 5.75 Å². The highest BCUT2D eigenvalue weighted by Crippen LogP contribution is 2.26. The highest BCUT2D eigenvalue weighted by atomic mass is 35.5. The maximum atomic E-state index is 12.7. The largest absolute Gasteiger partial charge is 0.497 e. The zero-order valence-electron chi connectivity index (χ0n) is 17.6. The van der Waals surface area contributed by atoms with Crippen molar-refractivity contribution >= 4 is 23.2 Å². The SMILES string of the molecule is COc1ccc(-c2noc(CN3CCC(C(=O)Nc4cccc(Cl)c4C)CC3)n2)cc1. The first-order chi connectivity index (χ1) is 15.0. The molecule has 1 N–H and O–H groups in total. The van der Waals surface area contributed by atoms with Crippen LogP contribution in [0.3, 0.4) is 0 Å². The lowest BCUT2D eigenvalue weighted by atomic mass is 9.95. The molecule has 0 saturated carbocycles. The summed E-state index contributed by atoms with van der Waals surface area (Å²) in [6.07, 6.45) is 1.57. The predicted molar refractivity (Wildman–Crippen MR) is 119 cm³/mol. The second-order valence-corrected chi connectivity index (χ2v) is 8.10. The van der Waals surface area contributed by atoms with Crippen LogP contribution in [0.1, 0.15) is 24.3 Å². The van der Waals surface area contributed by atoms with Crippen LogP contribution < -0.4 is 10.1 Å². The van der Waals surface area contributed by atoms with Crippen LogP contribution in [0.4, 0.5) is 5.69 Å². The molecule has 1 aromatic heterocycles. The number of halogens is 1. The van der Waals surface area contributed by atoms with Crippen molar-refractivity contribution in [3.05, 3.63) is 58.9 Å².